The zero-order valence-electron chi connectivity index (χ0n) is 5.61. The molecule has 1 rings (SSSR count). The molecular formula is C7H8NO2. The summed E-state index contributed by atoms with van der Waals surface area (Å²) in [5.74, 6) is 0.544. The first-order valence-electron chi connectivity index (χ1n) is 2.89. The summed E-state index contributed by atoms with van der Waals surface area (Å²) in [6.07, 6.45) is 3.09. The maximum absolute atomic E-state index is 8.67. The van der Waals surface area contributed by atoms with E-state index < -0.39 is 0 Å². The first kappa shape index (κ1) is 7.02. The number of hydrogen-bond donors (Lipinski definition) is 1. The van der Waals surface area contributed by atoms with E-state index in [0.717, 1.165) is 0 Å². The molecule has 3 heteroatoms. The molecule has 0 aromatic carbocycles. The Morgan fingerprint density at radius 3 is 3.00 bits per heavy atom. The van der Waals surface area contributed by atoms with Crippen molar-refractivity contribution < 1.29 is 9.84 Å². The summed E-state index contributed by atoms with van der Waals surface area (Å²) in [6, 6.07) is 3.45. The van der Waals surface area contributed by atoms with Gasteiger partial charge in [0.1, 0.15) is 5.75 Å². The maximum Gasteiger partial charge on any atom is 0.270 e. The molecule has 0 aliphatic carbocycles. The summed E-state index contributed by atoms with van der Waals surface area (Å²) in [6.45, 7) is 1.47. The first-order chi connectivity index (χ1) is 4.79. The van der Waals surface area contributed by atoms with Gasteiger partial charge in [-0.3, -0.25) is 4.98 Å². The summed E-state index contributed by atoms with van der Waals surface area (Å²) in [7, 11) is 0. The molecule has 0 aliphatic rings. The van der Waals surface area contributed by atoms with Crippen molar-refractivity contribution in [1.29, 1.82) is 0 Å². The minimum atomic E-state index is -0.0759. The molecule has 0 bridgehead atoms. The molecule has 1 N–H and O–H groups in total. The molecule has 0 fully saturated rings. The van der Waals surface area contributed by atoms with E-state index in [1.807, 2.05) is 0 Å². The van der Waals surface area contributed by atoms with Crippen LogP contribution in [0.3, 0.4) is 0 Å². The number of pyridine rings is 1. The summed E-state index contributed by atoms with van der Waals surface area (Å²) in [5, 5.41) is 8.67. The van der Waals surface area contributed by atoms with Crippen molar-refractivity contribution in [3.05, 3.63) is 30.8 Å². The first-order valence-corrected chi connectivity index (χ1v) is 2.89. The van der Waals surface area contributed by atoms with Crippen LogP contribution >= 0.6 is 0 Å². The standard InChI is InChI=1S/C7H8NO2/c1-6(9)10-7-3-2-4-8-5-7/h2-5,9H,1H3. The summed E-state index contributed by atoms with van der Waals surface area (Å²) >= 11 is 0. The van der Waals surface area contributed by atoms with Crippen LogP contribution in [-0.4, -0.2) is 10.1 Å². The molecule has 1 radical (unpaired) electrons. The Labute approximate surface area is 59.3 Å². The lowest BCUT2D eigenvalue weighted by Gasteiger charge is -2.04. The summed E-state index contributed by atoms with van der Waals surface area (Å²) < 4.78 is 4.82. The predicted octanol–water partition coefficient (Wildman–Crippen LogP) is 1.34. The second-order valence-corrected chi connectivity index (χ2v) is 1.81. The van der Waals surface area contributed by atoms with Crippen LogP contribution in [0.1, 0.15) is 6.92 Å². The van der Waals surface area contributed by atoms with E-state index in [-0.39, 0.29) is 6.29 Å². The molecular weight excluding hydrogens is 130 g/mol. The predicted molar refractivity (Wildman–Crippen MR) is 35.7 cm³/mol. The third-order valence-corrected chi connectivity index (χ3v) is 0.900. The van der Waals surface area contributed by atoms with Crippen LogP contribution in [0.15, 0.2) is 24.5 Å². The molecule has 0 aliphatic heterocycles. The lowest BCUT2D eigenvalue weighted by atomic mass is 10.5. The van der Waals surface area contributed by atoms with Gasteiger partial charge < -0.3 is 9.84 Å². The van der Waals surface area contributed by atoms with E-state index in [1.165, 1.54) is 13.1 Å². The van der Waals surface area contributed by atoms with E-state index in [0.29, 0.717) is 5.75 Å². The van der Waals surface area contributed by atoms with E-state index in [4.69, 9.17) is 9.84 Å². The quantitative estimate of drug-likeness (QED) is 0.670. The Morgan fingerprint density at radius 2 is 2.50 bits per heavy atom. The molecule has 53 valence electrons. The monoisotopic (exact) mass is 138 g/mol. The van der Waals surface area contributed by atoms with Crippen LogP contribution in [0.2, 0.25) is 0 Å². The maximum atomic E-state index is 8.67. The number of aliphatic hydroxyl groups is 1. The van der Waals surface area contributed by atoms with Gasteiger partial charge in [0, 0.05) is 13.1 Å². The van der Waals surface area contributed by atoms with Gasteiger partial charge in [0.25, 0.3) is 6.29 Å². The van der Waals surface area contributed by atoms with Crippen LogP contribution < -0.4 is 4.74 Å². The molecule has 0 saturated heterocycles. The average Bonchev–Trinajstić information content (AvgIpc) is 1.88. The zero-order valence-corrected chi connectivity index (χ0v) is 5.61. The number of rotatable bonds is 2. The molecule has 0 atom stereocenters. The van der Waals surface area contributed by atoms with Gasteiger partial charge >= 0.3 is 0 Å². The Morgan fingerprint density at radius 1 is 1.70 bits per heavy atom. The van der Waals surface area contributed by atoms with Crippen molar-refractivity contribution >= 4 is 0 Å². The van der Waals surface area contributed by atoms with Crippen LogP contribution in [-0.2, 0) is 0 Å². The lowest BCUT2D eigenvalue weighted by molar-refractivity contribution is 0.114. The second kappa shape index (κ2) is 3.17. The van der Waals surface area contributed by atoms with Gasteiger partial charge in [-0.05, 0) is 12.1 Å². The average molecular weight is 138 g/mol. The van der Waals surface area contributed by atoms with Gasteiger partial charge in [0.05, 0.1) is 6.20 Å². The number of ether oxygens (including phenoxy) is 1. The Hall–Kier alpha value is -1.09. The highest BCUT2D eigenvalue weighted by molar-refractivity contribution is 5.16. The van der Waals surface area contributed by atoms with Crippen molar-refractivity contribution in [2.45, 2.75) is 6.92 Å². The molecule has 10 heavy (non-hydrogen) atoms. The van der Waals surface area contributed by atoms with Gasteiger partial charge in [-0.1, -0.05) is 0 Å². The minimum absolute atomic E-state index is 0.0759. The van der Waals surface area contributed by atoms with E-state index in [9.17, 15) is 0 Å². The van der Waals surface area contributed by atoms with Crippen molar-refractivity contribution in [3.8, 4) is 5.75 Å². The minimum Gasteiger partial charge on any atom is -0.454 e. The van der Waals surface area contributed by atoms with Crippen molar-refractivity contribution in [3.63, 3.8) is 0 Å². The Kier molecular flexibility index (Phi) is 2.23. The van der Waals surface area contributed by atoms with Gasteiger partial charge in [-0.2, -0.15) is 0 Å². The van der Waals surface area contributed by atoms with Gasteiger partial charge in [-0.25, -0.2) is 0 Å². The fourth-order valence-electron chi connectivity index (χ4n) is 0.578. The SMILES string of the molecule is C[C](O)Oc1cccnc1. The van der Waals surface area contributed by atoms with E-state index in [2.05, 4.69) is 4.98 Å². The van der Waals surface area contributed by atoms with Gasteiger partial charge in [-0.15, -0.1) is 0 Å². The van der Waals surface area contributed by atoms with Crippen LogP contribution in [0.5, 0.6) is 5.75 Å². The zero-order chi connectivity index (χ0) is 7.40. The number of aromatic nitrogens is 1. The highest BCUT2D eigenvalue weighted by Crippen LogP contribution is 2.09. The third kappa shape index (κ3) is 2.03. The number of aliphatic hydroxyl groups excluding tert-OH is 1. The molecule has 0 amide bonds. The fraction of sp³-hybridized carbons (Fsp3) is 0.143. The highest BCUT2D eigenvalue weighted by Gasteiger charge is 1.97. The van der Waals surface area contributed by atoms with Crippen LogP contribution in [0.25, 0.3) is 0 Å². The molecule has 0 saturated carbocycles. The second-order valence-electron chi connectivity index (χ2n) is 1.81. The Balaban J connectivity index is 2.59. The molecule has 1 aromatic heterocycles. The van der Waals surface area contributed by atoms with Crippen molar-refractivity contribution in [2.24, 2.45) is 0 Å². The van der Waals surface area contributed by atoms with Gasteiger partial charge in [0.2, 0.25) is 0 Å². The highest BCUT2D eigenvalue weighted by atomic mass is 16.6. The van der Waals surface area contributed by atoms with Crippen LogP contribution in [0, 0.1) is 6.29 Å². The Bertz CT molecular complexity index is 186. The van der Waals surface area contributed by atoms with E-state index >= 15 is 0 Å². The fourth-order valence-corrected chi connectivity index (χ4v) is 0.578. The summed E-state index contributed by atoms with van der Waals surface area (Å²) in [4.78, 5) is 3.79. The third-order valence-electron chi connectivity index (χ3n) is 0.900. The molecule has 1 aromatic rings. The molecule has 0 unspecified atom stereocenters. The van der Waals surface area contributed by atoms with Crippen molar-refractivity contribution in [2.75, 3.05) is 0 Å². The van der Waals surface area contributed by atoms with Crippen LogP contribution in [0.4, 0.5) is 0 Å². The molecule has 0 spiro atoms. The smallest absolute Gasteiger partial charge is 0.270 e. The van der Waals surface area contributed by atoms with Gasteiger partial charge in [0.15, 0.2) is 0 Å². The molecule has 1 heterocycles. The topological polar surface area (TPSA) is 42.4 Å². The van der Waals surface area contributed by atoms with E-state index in [1.54, 1.807) is 18.3 Å². The number of hydrogen-bond acceptors (Lipinski definition) is 3. The molecule has 3 nitrogen and oxygen atoms in total. The lowest BCUT2D eigenvalue weighted by Crippen LogP contribution is -1.99. The normalized spacial score (nSPS) is 9.90. The van der Waals surface area contributed by atoms with Crippen molar-refractivity contribution in [1.82, 2.24) is 4.98 Å². The largest absolute Gasteiger partial charge is 0.454 e. The summed E-state index contributed by atoms with van der Waals surface area (Å²) in [5.41, 5.74) is 0. The number of nitrogens with zero attached hydrogens (tertiary/aromatic N) is 1.